The first-order valence-corrected chi connectivity index (χ1v) is 7.15. The van der Waals surface area contributed by atoms with Gasteiger partial charge in [-0.15, -0.1) is 0 Å². The summed E-state index contributed by atoms with van der Waals surface area (Å²) >= 11 is 0. The first-order valence-electron chi connectivity index (χ1n) is 7.15. The molecule has 2 aromatic rings. The van der Waals surface area contributed by atoms with E-state index in [4.69, 9.17) is 4.74 Å². The van der Waals surface area contributed by atoms with Gasteiger partial charge in [0, 0.05) is 17.8 Å². The number of aryl methyl sites for hydroxylation is 1. The standard InChI is InChI=1S/C17H20N2O3/c1-12-6-7-16(10-18-12)22-11-14-4-3-5-15(8-14)17(21)19-9-13(2)20/h3-8,10,13,20H,9,11H2,1-2H3,(H,19,21). The third-order valence-electron chi connectivity index (χ3n) is 3.04. The van der Waals surface area contributed by atoms with E-state index in [1.165, 1.54) is 0 Å². The number of benzene rings is 1. The van der Waals surface area contributed by atoms with Crippen LogP contribution in [0.25, 0.3) is 0 Å². The molecule has 5 nitrogen and oxygen atoms in total. The maximum atomic E-state index is 11.9. The largest absolute Gasteiger partial charge is 0.487 e. The van der Waals surface area contributed by atoms with Gasteiger partial charge in [-0.3, -0.25) is 9.78 Å². The van der Waals surface area contributed by atoms with Gasteiger partial charge >= 0.3 is 0 Å². The predicted molar refractivity (Wildman–Crippen MR) is 83.8 cm³/mol. The molecule has 0 radical (unpaired) electrons. The van der Waals surface area contributed by atoms with Crippen molar-refractivity contribution in [2.24, 2.45) is 0 Å². The number of rotatable bonds is 6. The van der Waals surface area contributed by atoms with Crippen molar-refractivity contribution in [3.05, 3.63) is 59.4 Å². The molecule has 5 heteroatoms. The van der Waals surface area contributed by atoms with Gasteiger partial charge in [0.2, 0.25) is 0 Å². The zero-order valence-electron chi connectivity index (χ0n) is 12.7. The molecular weight excluding hydrogens is 280 g/mol. The second-order valence-electron chi connectivity index (χ2n) is 5.18. The van der Waals surface area contributed by atoms with Crippen LogP contribution in [0.3, 0.4) is 0 Å². The fourth-order valence-corrected chi connectivity index (χ4v) is 1.85. The molecule has 0 fully saturated rings. The molecule has 1 amide bonds. The number of nitrogens with zero attached hydrogens (tertiary/aromatic N) is 1. The number of pyridine rings is 1. The van der Waals surface area contributed by atoms with Gasteiger partial charge in [0.25, 0.3) is 5.91 Å². The number of aromatic nitrogens is 1. The second-order valence-corrected chi connectivity index (χ2v) is 5.18. The molecule has 0 spiro atoms. The maximum Gasteiger partial charge on any atom is 0.251 e. The van der Waals surface area contributed by atoms with Crippen LogP contribution in [0.1, 0.15) is 28.5 Å². The molecule has 0 saturated carbocycles. The molecule has 22 heavy (non-hydrogen) atoms. The summed E-state index contributed by atoms with van der Waals surface area (Å²) in [6, 6.07) is 11.0. The Hall–Kier alpha value is -2.40. The van der Waals surface area contributed by atoms with E-state index < -0.39 is 6.10 Å². The average molecular weight is 300 g/mol. The highest BCUT2D eigenvalue weighted by molar-refractivity contribution is 5.94. The number of nitrogens with one attached hydrogen (secondary N) is 1. The van der Waals surface area contributed by atoms with Gasteiger partial charge in [0.15, 0.2) is 0 Å². The Balaban J connectivity index is 1.96. The summed E-state index contributed by atoms with van der Waals surface area (Å²) in [6.45, 7) is 4.14. The van der Waals surface area contributed by atoms with Crippen LogP contribution in [-0.2, 0) is 6.61 Å². The lowest BCUT2D eigenvalue weighted by atomic mass is 10.1. The third-order valence-corrected chi connectivity index (χ3v) is 3.04. The number of aliphatic hydroxyl groups is 1. The van der Waals surface area contributed by atoms with Gasteiger partial charge in [-0.05, 0) is 43.7 Å². The topological polar surface area (TPSA) is 71.5 Å². The van der Waals surface area contributed by atoms with Crippen molar-refractivity contribution in [1.82, 2.24) is 10.3 Å². The van der Waals surface area contributed by atoms with E-state index in [1.807, 2.05) is 31.2 Å². The van der Waals surface area contributed by atoms with E-state index in [0.717, 1.165) is 11.3 Å². The molecule has 0 bridgehead atoms. The number of hydrogen-bond acceptors (Lipinski definition) is 4. The molecule has 1 heterocycles. The summed E-state index contributed by atoms with van der Waals surface area (Å²) in [7, 11) is 0. The maximum absolute atomic E-state index is 11.9. The Bertz CT molecular complexity index is 624. The lowest BCUT2D eigenvalue weighted by Crippen LogP contribution is -2.30. The molecule has 0 aliphatic heterocycles. The molecule has 1 atom stereocenters. The minimum atomic E-state index is -0.565. The van der Waals surface area contributed by atoms with Crippen LogP contribution < -0.4 is 10.1 Å². The molecule has 116 valence electrons. The molecule has 2 rings (SSSR count). The molecular formula is C17H20N2O3. The number of ether oxygens (including phenoxy) is 1. The van der Waals surface area contributed by atoms with Crippen molar-refractivity contribution in [3.63, 3.8) is 0 Å². The number of amides is 1. The van der Waals surface area contributed by atoms with Gasteiger partial charge < -0.3 is 15.2 Å². The van der Waals surface area contributed by atoms with Crippen LogP contribution in [0.5, 0.6) is 5.75 Å². The lowest BCUT2D eigenvalue weighted by molar-refractivity contribution is 0.0924. The Morgan fingerprint density at radius 2 is 2.18 bits per heavy atom. The van der Waals surface area contributed by atoms with E-state index in [0.29, 0.717) is 17.9 Å². The van der Waals surface area contributed by atoms with Crippen molar-refractivity contribution < 1.29 is 14.6 Å². The highest BCUT2D eigenvalue weighted by Crippen LogP contribution is 2.12. The van der Waals surface area contributed by atoms with Crippen LogP contribution in [0, 0.1) is 6.92 Å². The summed E-state index contributed by atoms with van der Waals surface area (Å²) in [5.41, 5.74) is 2.37. The van der Waals surface area contributed by atoms with Gasteiger partial charge in [-0.2, -0.15) is 0 Å². The van der Waals surface area contributed by atoms with Crippen LogP contribution in [0.4, 0.5) is 0 Å². The third kappa shape index (κ3) is 4.86. The molecule has 1 aromatic carbocycles. The molecule has 0 saturated heterocycles. The van der Waals surface area contributed by atoms with E-state index in [-0.39, 0.29) is 12.5 Å². The highest BCUT2D eigenvalue weighted by atomic mass is 16.5. The second kappa shape index (κ2) is 7.56. The van der Waals surface area contributed by atoms with Gasteiger partial charge in [0.1, 0.15) is 12.4 Å². The summed E-state index contributed by atoms with van der Waals surface area (Å²) < 4.78 is 5.65. The number of carbonyl (C=O) groups is 1. The van der Waals surface area contributed by atoms with Gasteiger partial charge in [0.05, 0.1) is 12.3 Å². The van der Waals surface area contributed by atoms with Gasteiger partial charge in [-0.25, -0.2) is 0 Å². The SMILES string of the molecule is Cc1ccc(OCc2cccc(C(=O)NCC(C)O)c2)cn1. The van der Waals surface area contributed by atoms with Crippen LogP contribution >= 0.6 is 0 Å². The van der Waals surface area contributed by atoms with Gasteiger partial charge in [-0.1, -0.05) is 12.1 Å². The smallest absolute Gasteiger partial charge is 0.251 e. The van der Waals surface area contributed by atoms with Crippen LogP contribution in [-0.4, -0.2) is 28.6 Å². The lowest BCUT2D eigenvalue weighted by Gasteiger charge is -2.09. The fourth-order valence-electron chi connectivity index (χ4n) is 1.85. The Morgan fingerprint density at radius 1 is 1.36 bits per heavy atom. The zero-order valence-corrected chi connectivity index (χ0v) is 12.7. The fraction of sp³-hybridized carbons (Fsp3) is 0.294. The quantitative estimate of drug-likeness (QED) is 0.857. The molecule has 1 unspecified atom stereocenters. The van der Waals surface area contributed by atoms with Crippen molar-refractivity contribution in [2.75, 3.05) is 6.54 Å². The normalized spacial score (nSPS) is 11.8. The van der Waals surface area contributed by atoms with Crippen molar-refractivity contribution >= 4 is 5.91 Å². The van der Waals surface area contributed by atoms with Crippen LogP contribution in [0.15, 0.2) is 42.6 Å². The number of aliphatic hydroxyl groups excluding tert-OH is 1. The minimum absolute atomic E-state index is 0.209. The van der Waals surface area contributed by atoms with E-state index in [9.17, 15) is 9.90 Å². The number of hydrogen-bond donors (Lipinski definition) is 2. The summed E-state index contributed by atoms with van der Waals surface area (Å²) in [4.78, 5) is 16.1. The van der Waals surface area contributed by atoms with E-state index in [2.05, 4.69) is 10.3 Å². The minimum Gasteiger partial charge on any atom is -0.487 e. The first-order chi connectivity index (χ1) is 10.5. The van der Waals surface area contributed by atoms with E-state index in [1.54, 1.807) is 25.3 Å². The Labute approximate surface area is 130 Å². The summed E-state index contributed by atoms with van der Waals surface area (Å²) in [6.07, 6.45) is 1.11. The zero-order chi connectivity index (χ0) is 15.9. The molecule has 2 N–H and O–H groups in total. The first kappa shape index (κ1) is 16.0. The summed E-state index contributed by atoms with van der Waals surface area (Å²) in [5.74, 6) is 0.481. The van der Waals surface area contributed by atoms with Crippen molar-refractivity contribution in [2.45, 2.75) is 26.6 Å². The average Bonchev–Trinajstić information content (AvgIpc) is 2.52. The summed E-state index contributed by atoms with van der Waals surface area (Å²) in [5, 5.41) is 11.9. The number of carbonyl (C=O) groups excluding carboxylic acids is 1. The molecule has 0 aliphatic carbocycles. The molecule has 0 aliphatic rings. The monoisotopic (exact) mass is 300 g/mol. The van der Waals surface area contributed by atoms with Crippen LogP contribution in [0.2, 0.25) is 0 Å². The molecule has 1 aromatic heterocycles. The Morgan fingerprint density at radius 3 is 2.86 bits per heavy atom. The highest BCUT2D eigenvalue weighted by Gasteiger charge is 2.07. The van der Waals surface area contributed by atoms with E-state index >= 15 is 0 Å². The predicted octanol–water partition coefficient (Wildman–Crippen LogP) is 2.08. The van der Waals surface area contributed by atoms with Crippen molar-refractivity contribution in [3.8, 4) is 5.75 Å². The van der Waals surface area contributed by atoms with Crippen molar-refractivity contribution in [1.29, 1.82) is 0 Å². The Kier molecular flexibility index (Phi) is 5.49.